The standard InChI is InChI=1S/C27H32F3NO2/c1-15(2)24-23(25(33)17-9-11-18(12-10-17)27(28,29)30)21(16-7-5-6-8-16)22-19(31-24)13-26(3,4)14-20(22)32/h9-12,15-16,21-22H,5-8,13-14H2,1-4H3. The summed E-state index contributed by atoms with van der Waals surface area (Å²) in [4.78, 5) is 32.2. The Morgan fingerprint density at radius 1 is 1.06 bits per heavy atom. The molecule has 178 valence electrons. The third-order valence-corrected chi connectivity index (χ3v) is 7.42. The average molecular weight is 460 g/mol. The van der Waals surface area contributed by atoms with Gasteiger partial charge in [0.2, 0.25) is 0 Å². The lowest BCUT2D eigenvalue weighted by Gasteiger charge is -2.44. The average Bonchev–Trinajstić information content (AvgIpc) is 3.25. The molecule has 0 amide bonds. The molecule has 0 bridgehead atoms. The van der Waals surface area contributed by atoms with Crippen LogP contribution in [0.1, 0.15) is 82.1 Å². The predicted octanol–water partition coefficient (Wildman–Crippen LogP) is 7.06. The van der Waals surface area contributed by atoms with Crippen LogP contribution in [0.15, 0.2) is 40.5 Å². The molecule has 0 spiro atoms. The maximum Gasteiger partial charge on any atom is 0.416 e. The summed E-state index contributed by atoms with van der Waals surface area (Å²) in [5.74, 6) is -0.594. The number of fused-ring (bicyclic) bond motifs is 1. The van der Waals surface area contributed by atoms with Gasteiger partial charge in [-0.05, 0) is 48.6 Å². The number of allylic oxidation sites excluding steroid dienone is 2. The second-order valence-electron chi connectivity index (χ2n) is 11.0. The summed E-state index contributed by atoms with van der Waals surface area (Å²) < 4.78 is 39.2. The Morgan fingerprint density at radius 2 is 1.67 bits per heavy atom. The number of rotatable bonds is 4. The predicted molar refractivity (Wildman–Crippen MR) is 122 cm³/mol. The summed E-state index contributed by atoms with van der Waals surface area (Å²) in [6.45, 7) is 8.13. The molecule has 0 N–H and O–H groups in total. The number of Topliss-reactive ketones (excluding diaryl/α,β-unsaturated/α-hetero) is 2. The molecule has 33 heavy (non-hydrogen) atoms. The van der Waals surface area contributed by atoms with E-state index >= 15 is 0 Å². The van der Waals surface area contributed by atoms with Gasteiger partial charge in [0.25, 0.3) is 0 Å². The molecule has 1 heterocycles. The molecule has 3 nitrogen and oxygen atoms in total. The molecule has 0 aromatic heterocycles. The quantitative estimate of drug-likeness (QED) is 0.452. The van der Waals surface area contributed by atoms with Crippen LogP contribution in [0, 0.1) is 29.1 Å². The van der Waals surface area contributed by atoms with Gasteiger partial charge in [-0.1, -0.05) is 52.7 Å². The lowest BCUT2D eigenvalue weighted by atomic mass is 9.60. The van der Waals surface area contributed by atoms with E-state index in [2.05, 4.69) is 13.8 Å². The van der Waals surface area contributed by atoms with E-state index in [-0.39, 0.29) is 40.3 Å². The molecule has 2 aliphatic carbocycles. The van der Waals surface area contributed by atoms with Gasteiger partial charge in [-0.25, -0.2) is 0 Å². The highest BCUT2D eigenvalue weighted by atomic mass is 19.4. The topological polar surface area (TPSA) is 46.5 Å². The van der Waals surface area contributed by atoms with E-state index in [9.17, 15) is 22.8 Å². The van der Waals surface area contributed by atoms with Crippen molar-refractivity contribution in [1.82, 2.24) is 0 Å². The first kappa shape index (κ1) is 23.9. The summed E-state index contributed by atoms with van der Waals surface area (Å²) in [7, 11) is 0. The summed E-state index contributed by atoms with van der Waals surface area (Å²) >= 11 is 0. The number of aliphatic imine (C=N–C) groups is 1. The summed E-state index contributed by atoms with van der Waals surface area (Å²) in [6.07, 6.45) is 0.781. The molecule has 0 radical (unpaired) electrons. The van der Waals surface area contributed by atoms with E-state index in [0.29, 0.717) is 17.7 Å². The largest absolute Gasteiger partial charge is 0.416 e. The molecule has 2 atom stereocenters. The molecule has 6 heteroatoms. The van der Waals surface area contributed by atoms with Gasteiger partial charge in [0.15, 0.2) is 5.78 Å². The first-order valence-corrected chi connectivity index (χ1v) is 12.0. The third kappa shape index (κ3) is 4.58. The summed E-state index contributed by atoms with van der Waals surface area (Å²) in [6, 6.07) is 4.43. The fourth-order valence-corrected chi connectivity index (χ4v) is 6.00. The first-order valence-electron chi connectivity index (χ1n) is 12.0. The van der Waals surface area contributed by atoms with Crippen LogP contribution < -0.4 is 0 Å². The second-order valence-corrected chi connectivity index (χ2v) is 11.0. The number of alkyl halides is 3. The maximum atomic E-state index is 13.8. The van der Waals surface area contributed by atoms with Crippen molar-refractivity contribution in [3.8, 4) is 0 Å². The number of carbonyl (C=O) groups is 2. The smallest absolute Gasteiger partial charge is 0.299 e. The number of nitrogens with zero attached hydrogens (tertiary/aromatic N) is 1. The van der Waals surface area contributed by atoms with Crippen molar-refractivity contribution in [3.05, 3.63) is 46.7 Å². The number of carbonyl (C=O) groups excluding carboxylic acids is 2. The lowest BCUT2D eigenvalue weighted by Crippen LogP contribution is -2.47. The molecule has 2 unspecified atom stereocenters. The number of benzene rings is 1. The van der Waals surface area contributed by atoms with Crippen LogP contribution in [0.25, 0.3) is 0 Å². The zero-order valence-corrected chi connectivity index (χ0v) is 19.8. The van der Waals surface area contributed by atoms with Crippen molar-refractivity contribution in [2.24, 2.45) is 34.1 Å². The van der Waals surface area contributed by atoms with Crippen LogP contribution in [0.5, 0.6) is 0 Å². The zero-order chi connectivity index (χ0) is 24.1. The van der Waals surface area contributed by atoms with Crippen molar-refractivity contribution >= 4 is 17.3 Å². The highest BCUT2D eigenvalue weighted by Crippen LogP contribution is 2.50. The fourth-order valence-electron chi connectivity index (χ4n) is 6.00. The van der Waals surface area contributed by atoms with Gasteiger partial charge in [0, 0.05) is 29.2 Å². The molecule has 3 aliphatic rings. The molecule has 0 saturated heterocycles. The Kier molecular flexibility index (Phi) is 6.17. The van der Waals surface area contributed by atoms with Crippen molar-refractivity contribution in [2.45, 2.75) is 72.4 Å². The summed E-state index contributed by atoms with van der Waals surface area (Å²) in [5, 5.41) is 0. The Bertz CT molecular complexity index is 1010. The van der Waals surface area contributed by atoms with Gasteiger partial charge in [-0.3, -0.25) is 14.6 Å². The second kappa shape index (κ2) is 8.52. The van der Waals surface area contributed by atoms with E-state index in [0.717, 1.165) is 49.9 Å². The van der Waals surface area contributed by atoms with Gasteiger partial charge in [-0.15, -0.1) is 0 Å². The molecule has 1 aromatic carbocycles. The van der Waals surface area contributed by atoms with E-state index < -0.39 is 17.7 Å². The molecular formula is C27H32F3NO2. The Hall–Kier alpha value is -2.24. The molecule has 1 aliphatic heterocycles. The van der Waals surface area contributed by atoms with Crippen molar-refractivity contribution in [2.75, 3.05) is 0 Å². The van der Waals surface area contributed by atoms with Crippen LogP contribution >= 0.6 is 0 Å². The maximum absolute atomic E-state index is 13.8. The molecule has 4 rings (SSSR count). The van der Waals surface area contributed by atoms with Crippen LogP contribution in [0.3, 0.4) is 0 Å². The highest BCUT2D eigenvalue weighted by Gasteiger charge is 2.50. The van der Waals surface area contributed by atoms with E-state index in [4.69, 9.17) is 4.99 Å². The number of ketones is 2. The zero-order valence-electron chi connectivity index (χ0n) is 19.8. The van der Waals surface area contributed by atoms with Crippen molar-refractivity contribution in [3.63, 3.8) is 0 Å². The van der Waals surface area contributed by atoms with Crippen molar-refractivity contribution < 1.29 is 22.8 Å². The monoisotopic (exact) mass is 459 g/mol. The van der Waals surface area contributed by atoms with E-state index in [1.54, 1.807) is 0 Å². The van der Waals surface area contributed by atoms with Crippen molar-refractivity contribution in [1.29, 1.82) is 0 Å². The molecule has 1 aromatic rings. The minimum atomic E-state index is -4.46. The van der Waals surface area contributed by atoms with Gasteiger partial charge in [0.05, 0.1) is 17.2 Å². The number of hydrogen-bond donors (Lipinski definition) is 0. The van der Waals surface area contributed by atoms with Crippen LogP contribution in [-0.2, 0) is 11.0 Å². The molecular weight excluding hydrogens is 427 g/mol. The minimum Gasteiger partial charge on any atom is -0.299 e. The number of hydrogen-bond acceptors (Lipinski definition) is 3. The SMILES string of the molecule is CC(C)C1=C(C(=O)c2ccc(C(F)(F)F)cc2)C(C2CCCC2)C2C(=O)CC(C)(C)CC2=N1. The summed E-state index contributed by atoms with van der Waals surface area (Å²) in [5.41, 5.74) is 1.43. The third-order valence-electron chi connectivity index (χ3n) is 7.42. The molecule has 2 saturated carbocycles. The first-order chi connectivity index (χ1) is 15.4. The van der Waals surface area contributed by atoms with Gasteiger partial charge in [-0.2, -0.15) is 13.2 Å². The normalized spacial score (nSPS) is 25.9. The molecule has 2 fully saturated rings. The lowest BCUT2D eigenvalue weighted by molar-refractivity contribution is -0.137. The van der Waals surface area contributed by atoms with Gasteiger partial charge >= 0.3 is 6.18 Å². The van der Waals surface area contributed by atoms with Crippen LogP contribution in [0.2, 0.25) is 0 Å². The Balaban J connectivity index is 1.84. The minimum absolute atomic E-state index is 0.0316. The highest BCUT2D eigenvalue weighted by molar-refractivity contribution is 6.15. The van der Waals surface area contributed by atoms with Crippen LogP contribution in [0.4, 0.5) is 13.2 Å². The van der Waals surface area contributed by atoms with Gasteiger partial charge < -0.3 is 0 Å². The van der Waals surface area contributed by atoms with E-state index in [1.165, 1.54) is 12.1 Å². The fraction of sp³-hybridized carbons (Fsp3) is 0.593. The number of halogens is 3. The Labute approximate surface area is 193 Å². The van der Waals surface area contributed by atoms with E-state index in [1.807, 2.05) is 13.8 Å². The van der Waals surface area contributed by atoms with Gasteiger partial charge in [0.1, 0.15) is 5.78 Å². The van der Waals surface area contributed by atoms with Crippen LogP contribution in [-0.4, -0.2) is 17.3 Å². The Morgan fingerprint density at radius 3 is 2.21 bits per heavy atom.